The highest BCUT2D eigenvalue weighted by Gasteiger charge is 2.13. The van der Waals surface area contributed by atoms with Crippen LogP contribution in [0.2, 0.25) is 0 Å². The van der Waals surface area contributed by atoms with Gasteiger partial charge in [0.15, 0.2) is 6.29 Å². The van der Waals surface area contributed by atoms with Crippen LogP contribution in [0, 0.1) is 18.3 Å². The van der Waals surface area contributed by atoms with Crippen molar-refractivity contribution in [3.63, 3.8) is 0 Å². The number of para-hydroxylation sites is 1. The monoisotopic (exact) mass is 345 g/mol. The predicted octanol–water partition coefficient (Wildman–Crippen LogP) is 2.89. The van der Waals surface area contributed by atoms with Gasteiger partial charge in [0.2, 0.25) is 0 Å². The van der Waals surface area contributed by atoms with Crippen LogP contribution in [0.3, 0.4) is 0 Å². The number of hydrogen-bond acceptors (Lipinski definition) is 5. The Morgan fingerprint density at radius 3 is 2.52 bits per heavy atom. The summed E-state index contributed by atoms with van der Waals surface area (Å²) in [5.74, 6) is -0.441. The van der Waals surface area contributed by atoms with Gasteiger partial charge in [-0.25, -0.2) is 0 Å². The largest absolute Gasteiger partial charge is 0.385 e. The van der Waals surface area contributed by atoms with Gasteiger partial charge < -0.3 is 20.1 Å². The minimum atomic E-state index is -0.441. The van der Waals surface area contributed by atoms with Crippen molar-refractivity contribution in [3.8, 4) is 6.07 Å². The Kier molecular flexibility index (Phi) is 9.30. The smallest absolute Gasteiger partial charge is 0.267 e. The summed E-state index contributed by atoms with van der Waals surface area (Å²) in [7, 11) is 0. The molecular weight excluding hydrogens is 318 g/mol. The van der Waals surface area contributed by atoms with E-state index in [1.165, 1.54) is 6.20 Å². The van der Waals surface area contributed by atoms with E-state index < -0.39 is 12.2 Å². The maximum Gasteiger partial charge on any atom is 0.267 e. The number of ether oxygens (including phenoxy) is 2. The number of amides is 1. The van der Waals surface area contributed by atoms with Crippen molar-refractivity contribution in [2.45, 2.75) is 40.4 Å². The fourth-order valence-corrected chi connectivity index (χ4v) is 2.33. The average molecular weight is 345 g/mol. The molecule has 6 nitrogen and oxygen atoms in total. The van der Waals surface area contributed by atoms with Crippen molar-refractivity contribution >= 4 is 11.6 Å². The lowest BCUT2D eigenvalue weighted by Crippen LogP contribution is -2.29. The Morgan fingerprint density at radius 1 is 1.28 bits per heavy atom. The molecule has 0 spiro atoms. The van der Waals surface area contributed by atoms with E-state index in [4.69, 9.17) is 9.47 Å². The minimum absolute atomic E-state index is 0.00273. The molecule has 0 saturated carbocycles. The summed E-state index contributed by atoms with van der Waals surface area (Å²) >= 11 is 0. The Hall–Kier alpha value is -2.36. The second-order valence-electron chi connectivity index (χ2n) is 5.34. The first-order valence-corrected chi connectivity index (χ1v) is 8.53. The topological polar surface area (TPSA) is 83.4 Å². The lowest BCUT2D eigenvalue weighted by molar-refractivity contribution is -0.131. The summed E-state index contributed by atoms with van der Waals surface area (Å²) in [5.41, 5.74) is 2.76. The quantitative estimate of drug-likeness (QED) is 0.387. The lowest BCUT2D eigenvalue weighted by atomic mass is 10.1. The zero-order valence-corrected chi connectivity index (χ0v) is 15.4. The van der Waals surface area contributed by atoms with E-state index in [0.29, 0.717) is 19.8 Å². The van der Waals surface area contributed by atoms with E-state index in [-0.39, 0.29) is 5.57 Å². The van der Waals surface area contributed by atoms with Crippen molar-refractivity contribution in [2.24, 2.45) is 0 Å². The van der Waals surface area contributed by atoms with Crippen molar-refractivity contribution in [1.82, 2.24) is 5.32 Å². The molecule has 0 atom stereocenters. The molecule has 25 heavy (non-hydrogen) atoms. The molecule has 0 radical (unpaired) electrons. The number of hydrogen-bond donors (Lipinski definition) is 2. The molecule has 0 aromatic heterocycles. The Bertz CT molecular complexity index is 629. The molecular formula is C19H27N3O3. The maximum atomic E-state index is 12.4. The van der Waals surface area contributed by atoms with Gasteiger partial charge in [-0.15, -0.1) is 0 Å². The SMILES string of the molecule is CCOC(CN/C=C(/C#N)C(=O)Nc1c(C)cccc1CC)OCC. The van der Waals surface area contributed by atoms with Gasteiger partial charge in [0.25, 0.3) is 5.91 Å². The zero-order chi connectivity index (χ0) is 18.7. The molecule has 1 aromatic rings. The zero-order valence-electron chi connectivity index (χ0n) is 15.4. The first-order valence-electron chi connectivity index (χ1n) is 8.53. The molecule has 0 unspecified atom stereocenters. The first-order chi connectivity index (χ1) is 12.1. The molecule has 0 fully saturated rings. The number of benzene rings is 1. The van der Waals surface area contributed by atoms with Gasteiger partial charge in [0, 0.05) is 25.1 Å². The number of rotatable bonds is 10. The second-order valence-corrected chi connectivity index (χ2v) is 5.34. The van der Waals surface area contributed by atoms with Gasteiger partial charge in [0.05, 0.1) is 6.54 Å². The number of nitrogens with one attached hydrogen (secondary N) is 2. The summed E-state index contributed by atoms with van der Waals surface area (Å²) in [4.78, 5) is 12.4. The van der Waals surface area contributed by atoms with Crippen LogP contribution >= 0.6 is 0 Å². The van der Waals surface area contributed by atoms with Gasteiger partial charge in [-0.2, -0.15) is 5.26 Å². The predicted molar refractivity (Wildman–Crippen MR) is 97.9 cm³/mol. The molecule has 0 bridgehead atoms. The van der Waals surface area contributed by atoms with Gasteiger partial charge in [0.1, 0.15) is 11.6 Å². The highest BCUT2D eigenvalue weighted by Crippen LogP contribution is 2.21. The number of nitrogens with zero attached hydrogens (tertiary/aromatic N) is 1. The number of carbonyl (C=O) groups excluding carboxylic acids is 1. The molecule has 136 valence electrons. The summed E-state index contributed by atoms with van der Waals surface area (Å²) in [6.45, 7) is 9.10. The van der Waals surface area contributed by atoms with Crippen molar-refractivity contribution in [3.05, 3.63) is 41.1 Å². The third-order valence-corrected chi connectivity index (χ3v) is 3.58. The summed E-state index contributed by atoms with van der Waals surface area (Å²) in [6.07, 6.45) is 1.77. The summed E-state index contributed by atoms with van der Waals surface area (Å²) in [6, 6.07) is 7.77. The standard InChI is InChI=1S/C19H27N3O3/c1-5-15-10-8-9-14(4)18(15)22-19(23)16(11-20)12-21-13-17(24-6-2)25-7-3/h8-10,12,17,21H,5-7,13H2,1-4H3,(H,22,23)/b16-12-. The van der Waals surface area contributed by atoms with E-state index in [1.807, 2.05) is 52.0 Å². The van der Waals surface area contributed by atoms with E-state index in [0.717, 1.165) is 23.2 Å². The van der Waals surface area contributed by atoms with Gasteiger partial charge in [-0.3, -0.25) is 4.79 Å². The van der Waals surface area contributed by atoms with Crippen LogP contribution in [0.1, 0.15) is 31.9 Å². The van der Waals surface area contributed by atoms with Crippen molar-refractivity contribution in [1.29, 1.82) is 5.26 Å². The molecule has 6 heteroatoms. The van der Waals surface area contributed by atoms with Crippen LogP contribution in [0.5, 0.6) is 0 Å². The number of nitriles is 1. The molecule has 1 rings (SSSR count). The van der Waals surface area contributed by atoms with Crippen LogP contribution in [0.25, 0.3) is 0 Å². The Balaban J connectivity index is 2.76. The number of anilines is 1. The molecule has 1 amide bonds. The Morgan fingerprint density at radius 2 is 1.96 bits per heavy atom. The lowest BCUT2D eigenvalue weighted by Gasteiger charge is -2.17. The van der Waals surface area contributed by atoms with Crippen LogP contribution in [0.4, 0.5) is 5.69 Å². The molecule has 2 N–H and O–H groups in total. The molecule has 0 heterocycles. The molecule has 0 aliphatic rings. The number of aryl methyl sites for hydroxylation is 2. The first kappa shape index (κ1) is 20.7. The van der Waals surface area contributed by atoms with Gasteiger partial charge in [-0.05, 0) is 38.3 Å². The molecule has 0 aliphatic heterocycles. The van der Waals surface area contributed by atoms with E-state index in [2.05, 4.69) is 10.6 Å². The highest BCUT2D eigenvalue weighted by atomic mass is 16.7. The van der Waals surface area contributed by atoms with E-state index in [1.54, 1.807) is 0 Å². The normalized spacial score (nSPS) is 11.3. The van der Waals surface area contributed by atoms with Crippen molar-refractivity contribution in [2.75, 3.05) is 25.1 Å². The van der Waals surface area contributed by atoms with Crippen LogP contribution < -0.4 is 10.6 Å². The fourth-order valence-electron chi connectivity index (χ4n) is 2.33. The van der Waals surface area contributed by atoms with Gasteiger partial charge >= 0.3 is 0 Å². The second kappa shape index (κ2) is 11.2. The minimum Gasteiger partial charge on any atom is -0.385 e. The van der Waals surface area contributed by atoms with Crippen LogP contribution in [-0.4, -0.2) is 32.0 Å². The highest BCUT2D eigenvalue weighted by molar-refractivity contribution is 6.07. The average Bonchev–Trinajstić information content (AvgIpc) is 2.60. The molecule has 0 saturated heterocycles. The fraction of sp³-hybridized carbons (Fsp3) is 0.474. The van der Waals surface area contributed by atoms with Crippen molar-refractivity contribution < 1.29 is 14.3 Å². The number of carbonyl (C=O) groups is 1. The maximum absolute atomic E-state index is 12.4. The van der Waals surface area contributed by atoms with E-state index >= 15 is 0 Å². The molecule has 0 aliphatic carbocycles. The van der Waals surface area contributed by atoms with Crippen LogP contribution in [0.15, 0.2) is 30.0 Å². The molecule has 1 aromatic carbocycles. The van der Waals surface area contributed by atoms with Gasteiger partial charge in [-0.1, -0.05) is 25.1 Å². The third kappa shape index (κ3) is 6.57. The summed E-state index contributed by atoms with van der Waals surface area (Å²) < 4.78 is 10.8. The Labute approximate surface area is 149 Å². The summed E-state index contributed by atoms with van der Waals surface area (Å²) in [5, 5.41) is 15.0. The third-order valence-electron chi connectivity index (χ3n) is 3.58. The van der Waals surface area contributed by atoms with E-state index in [9.17, 15) is 10.1 Å². The van der Waals surface area contributed by atoms with Crippen LogP contribution in [-0.2, 0) is 20.7 Å².